The zero-order valence-electron chi connectivity index (χ0n) is 18.6. The molecule has 0 aromatic heterocycles. The minimum Gasteiger partial charge on any atom is -0.491 e. The zero-order valence-corrected chi connectivity index (χ0v) is 19.4. The first kappa shape index (κ1) is 23.7. The first-order chi connectivity index (χ1) is 14.0. The molecule has 2 aromatic rings. The maximum atomic E-state index is 13.0. The molecule has 0 saturated carbocycles. The van der Waals surface area contributed by atoms with Crippen molar-refractivity contribution in [2.24, 2.45) is 0 Å². The van der Waals surface area contributed by atoms with Crippen molar-refractivity contribution in [2.45, 2.75) is 53.1 Å². The van der Waals surface area contributed by atoms with E-state index in [1.807, 2.05) is 64.1 Å². The highest BCUT2D eigenvalue weighted by atomic mass is 32.2. The van der Waals surface area contributed by atoms with Crippen molar-refractivity contribution in [1.82, 2.24) is 5.32 Å². The third kappa shape index (κ3) is 6.23. The lowest BCUT2D eigenvalue weighted by Gasteiger charge is -2.32. The Bertz CT molecular complexity index is 971. The van der Waals surface area contributed by atoms with Crippen LogP contribution in [-0.2, 0) is 14.8 Å². The number of hydrogen-bond acceptors (Lipinski definition) is 4. The molecule has 2 unspecified atom stereocenters. The average molecular weight is 433 g/mol. The molecular weight excluding hydrogens is 400 g/mol. The molecule has 0 heterocycles. The second-order valence-corrected chi connectivity index (χ2v) is 9.67. The minimum atomic E-state index is -3.67. The molecule has 6 nitrogen and oxygen atoms in total. The van der Waals surface area contributed by atoms with E-state index in [1.165, 1.54) is 4.31 Å². The van der Waals surface area contributed by atoms with Crippen molar-refractivity contribution in [3.8, 4) is 5.75 Å². The van der Waals surface area contributed by atoms with Gasteiger partial charge < -0.3 is 10.1 Å². The SMILES string of the molecule is CCC(C(=O)NC(C)COc1ccc(C)cc1)N(c1cc(C)ccc1C)S(C)(=O)=O. The van der Waals surface area contributed by atoms with Crippen LogP contribution in [0.3, 0.4) is 0 Å². The van der Waals surface area contributed by atoms with Crippen LogP contribution in [-0.4, -0.2) is 39.3 Å². The van der Waals surface area contributed by atoms with Gasteiger partial charge in [-0.05, 0) is 63.4 Å². The third-order valence-corrected chi connectivity index (χ3v) is 6.01. The molecule has 0 bridgehead atoms. The van der Waals surface area contributed by atoms with E-state index in [1.54, 1.807) is 13.0 Å². The number of ether oxygens (including phenoxy) is 1. The molecule has 2 atom stereocenters. The molecule has 7 heteroatoms. The van der Waals surface area contributed by atoms with Gasteiger partial charge in [0, 0.05) is 0 Å². The normalized spacial score (nSPS) is 13.4. The molecule has 0 aliphatic heterocycles. The van der Waals surface area contributed by atoms with Crippen LogP contribution in [0.5, 0.6) is 5.75 Å². The summed E-state index contributed by atoms with van der Waals surface area (Å²) in [5.41, 5.74) is 3.40. The topological polar surface area (TPSA) is 75.7 Å². The van der Waals surface area contributed by atoms with Crippen LogP contribution in [0.25, 0.3) is 0 Å². The van der Waals surface area contributed by atoms with Gasteiger partial charge in [-0.3, -0.25) is 9.10 Å². The molecule has 30 heavy (non-hydrogen) atoms. The number of benzene rings is 2. The first-order valence-corrected chi connectivity index (χ1v) is 11.9. The second kappa shape index (κ2) is 9.98. The van der Waals surface area contributed by atoms with E-state index >= 15 is 0 Å². The van der Waals surface area contributed by atoms with Gasteiger partial charge in [-0.25, -0.2) is 8.42 Å². The molecule has 0 fully saturated rings. The van der Waals surface area contributed by atoms with E-state index in [4.69, 9.17) is 4.74 Å². The number of aryl methyl sites for hydroxylation is 3. The number of nitrogens with zero attached hydrogens (tertiary/aromatic N) is 1. The molecule has 1 amide bonds. The first-order valence-electron chi connectivity index (χ1n) is 10.1. The van der Waals surface area contributed by atoms with Crippen molar-refractivity contribution in [2.75, 3.05) is 17.2 Å². The molecule has 0 aliphatic carbocycles. The molecule has 0 saturated heterocycles. The predicted octanol–water partition coefficient (Wildman–Crippen LogP) is 3.74. The number of nitrogens with one attached hydrogen (secondary N) is 1. The lowest BCUT2D eigenvalue weighted by Crippen LogP contribution is -2.52. The van der Waals surface area contributed by atoms with E-state index in [0.29, 0.717) is 12.1 Å². The van der Waals surface area contributed by atoms with Crippen LogP contribution in [0.1, 0.15) is 37.0 Å². The zero-order chi connectivity index (χ0) is 22.5. The van der Waals surface area contributed by atoms with E-state index in [2.05, 4.69) is 5.32 Å². The maximum absolute atomic E-state index is 13.0. The lowest BCUT2D eigenvalue weighted by atomic mass is 10.1. The van der Waals surface area contributed by atoms with Gasteiger partial charge in [0.25, 0.3) is 0 Å². The Hall–Kier alpha value is -2.54. The standard InChI is InChI=1S/C23H32N2O4S/c1-7-21(25(30(6,27)28)22-14-17(3)8-11-18(22)4)23(26)24-19(5)15-29-20-12-9-16(2)10-13-20/h8-14,19,21H,7,15H2,1-6H3,(H,24,26). The molecular formula is C23H32N2O4S. The summed E-state index contributed by atoms with van der Waals surface area (Å²) in [6, 6.07) is 12.1. The molecule has 1 N–H and O–H groups in total. The van der Waals surface area contributed by atoms with Crippen LogP contribution < -0.4 is 14.4 Å². The van der Waals surface area contributed by atoms with Gasteiger partial charge in [0.2, 0.25) is 15.9 Å². The second-order valence-electron chi connectivity index (χ2n) is 7.81. The number of carbonyl (C=O) groups is 1. The number of hydrogen-bond donors (Lipinski definition) is 1. The van der Waals surface area contributed by atoms with Gasteiger partial charge in [-0.2, -0.15) is 0 Å². The molecule has 0 radical (unpaired) electrons. The predicted molar refractivity (Wildman–Crippen MR) is 122 cm³/mol. The van der Waals surface area contributed by atoms with E-state index in [9.17, 15) is 13.2 Å². The number of anilines is 1. The molecule has 2 rings (SSSR count). The Balaban J connectivity index is 2.17. The fourth-order valence-corrected chi connectivity index (χ4v) is 4.49. The molecule has 2 aromatic carbocycles. The van der Waals surface area contributed by atoms with Crippen LogP contribution >= 0.6 is 0 Å². The van der Waals surface area contributed by atoms with Crippen molar-refractivity contribution in [1.29, 1.82) is 0 Å². The summed E-state index contributed by atoms with van der Waals surface area (Å²) in [6.45, 7) is 9.67. The van der Waals surface area contributed by atoms with Crippen LogP contribution in [0, 0.1) is 20.8 Å². The summed E-state index contributed by atoms with van der Waals surface area (Å²) in [7, 11) is -3.67. The van der Waals surface area contributed by atoms with E-state index < -0.39 is 16.1 Å². The van der Waals surface area contributed by atoms with Gasteiger partial charge in [-0.1, -0.05) is 36.8 Å². The number of rotatable bonds is 9. The van der Waals surface area contributed by atoms with Crippen molar-refractivity contribution in [3.05, 3.63) is 59.2 Å². The molecule has 0 aliphatic rings. The van der Waals surface area contributed by atoms with Crippen molar-refractivity contribution < 1.29 is 17.9 Å². The van der Waals surface area contributed by atoms with Crippen molar-refractivity contribution >= 4 is 21.6 Å². The number of amides is 1. The molecule has 164 valence electrons. The largest absolute Gasteiger partial charge is 0.491 e. The smallest absolute Gasteiger partial charge is 0.244 e. The van der Waals surface area contributed by atoms with Crippen LogP contribution in [0.2, 0.25) is 0 Å². The van der Waals surface area contributed by atoms with Gasteiger partial charge >= 0.3 is 0 Å². The number of sulfonamides is 1. The number of carbonyl (C=O) groups excluding carboxylic acids is 1. The fraction of sp³-hybridized carbons (Fsp3) is 0.435. The van der Waals surface area contributed by atoms with Gasteiger partial charge in [0.05, 0.1) is 18.0 Å². The summed E-state index contributed by atoms with van der Waals surface area (Å²) >= 11 is 0. The van der Waals surface area contributed by atoms with Gasteiger partial charge in [-0.15, -0.1) is 0 Å². The highest BCUT2D eigenvalue weighted by Gasteiger charge is 2.33. The summed E-state index contributed by atoms with van der Waals surface area (Å²) in [5, 5.41) is 2.90. The summed E-state index contributed by atoms with van der Waals surface area (Å²) in [4.78, 5) is 13.0. The Morgan fingerprint density at radius 3 is 2.23 bits per heavy atom. The van der Waals surface area contributed by atoms with Crippen LogP contribution in [0.4, 0.5) is 5.69 Å². The molecule has 0 spiro atoms. The maximum Gasteiger partial charge on any atom is 0.244 e. The Morgan fingerprint density at radius 2 is 1.67 bits per heavy atom. The summed E-state index contributed by atoms with van der Waals surface area (Å²) < 4.78 is 32.3. The summed E-state index contributed by atoms with van der Waals surface area (Å²) in [6.07, 6.45) is 1.48. The quantitative estimate of drug-likeness (QED) is 0.655. The Labute approximate surface area is 180 Å². The van der Waals surface area contributed by atoms with Gasteiger partial charge in [0.15, 0.2) is 0 Å². The van der Waals surface area contributed by atoms with E-state index in [-0.39, 0.29) is 18.6 Å². The third-order valence-electron chi connectivity index (χ3n) is 4.84. The van der Waals surface area contributed by atoms with Gasteiger partial charge in [0.1, 0.15) is 18.4 Å². The fourth-order valence-electron chi connectivity index (χ4n) is 3.23. The van der Waals surface area contributed by atoms with Crippen molar-refractivity contribution in [3.63, 3.8) is 0 Å². The Morgan fingerprint density at radius 1 is 1.07 bits per heavy atom. The average Bonchev–Trinajstić information content (AvgIpc) is 2.66. The van der Waals surface area contributed by atoms with E-state index in [0.717, 1.165) is 28.7 Å². The minimum absolute atomic E-state index is 0.284. The Kier molecular flexibility index (Phi) is 7.89. The monoisotopic (exact) mass is 432 g/mol. The highest BCUT2D eigenvalue weighted by Crippen LogP contribution is 2.27. The highest BCUT2D eigenvalue weighted by molar-refractivity contribution is 7.92. The summed E-state index contributed by atoms with van der Waals surface area (Å²) in [5.74, 6) is 0.380. The van der Waals surface area contributed by atoms with Crippen LogP contribution in [0.15, 0.2) is 42.5 Å². The lowest BCUT2D eigenvalue weighted by molar-refractivity contribution is -0.123.